The van der Waals surface area contributed by atoms with Gasteiger partial charge in [-0.3, -0.25) is 37.1 Å². The van der Waals surface area contributed by atoms with E-state index in [1.165, 1.54) is 62.9 Å². The third-order valence-electron chi connectivity index (χ3n) is 23.7. The largest absolute Gasteiger partial charge is 0.497 e. The molecule has 0 bridgehead atoms. The lowest BCUT2D eigenvalue weighted by molar-refractivity contribution is -0.202. The van der Waals surface area contributed by atoms with E-state index in [4.69, 9.17) is 110 Å². The lowest BCUT2D eigenvalue weighted by Gasteiger charge is -2.37. The first-order valence-corrected chi connectivity index (χ1v) is 59.9. The zero-order valence-electron chi connectivity index (χ0n) is 80.5. The molecule has 0 amide bonds. The summed E-state index contributed by atoms with van der Waals surface area (Å²) >= 11 is 30.0. The highest BCUT2D eigenvalue weighted by Crippen LogP contribution is 2.62. The maximum Gasteiger partial charge on any atom is 0.459 e. The van der Waals surface area contributed by atoms with Crippen LogP contribution in [0.15, 0.2) is 219 Å². The number of aromatic nitrogens is 8. The van der Waals surface area contributed by atoms with Crippen LogP contribution in [-0.4, -0.2) is 161 Å². The Bertz CT molecular complexity index is 6350. The first-order valence-electron chi connectivity index (χ1n) is 46.4. The zero-order valence-corrected chi connectivity index (χ0v) is 89.5. The number of nitrogens with two attached hydrogens (primary N) is 1. The molecule has 4 aromatic heterocycles. The second kappa shape index (κ2) is 50.9. The molecular weight excluding hydrogens is 2130 g/mol. The van der Waals surface area contributed by atoms with E-state index in [1.54, 1.807) is 125 Å². The molecular formula is C95H112Cl6F4N13O23P5. The molecule has 5 aliphatic rings. The van der Waals surface area contributed by atoms with Crippen LogP contribution < -0.4 is 58.6 Å². The molecule has 14 atom stereocenters. The average Bonchev–Trinajstić information content (AvgIpc) is 1.56. The molecule has 6 heterocycles. The van der Waals surface area contributed by atoms with E-state index >= 15 is 17.6 Å². The molecule has 3 aliphatic carbocycles. The molecule has 2 saturated heterocycles. The van der Waals surface area contributed by atoms with Crippen LogP contribution in [0, 0.1) is 5.92 Å². The number of carbonyl (C=O) groups is 3. The number of methoxy groups -OCH3 is 1. The van der Waals surface area contributed by atoms with Gasteiger partial charge in [-0.05, 0) is 237 Å². The molecule has 16 rings (SSSR count). The fraction of sp³-hybridized carbons (Fsp3) is 0.421. The molecule has 790 valence electrons. The van der Waals surface area contributed by atoms with Gasteiger partial charge in [-0.2, -0.15) is 30.1 Å². The fourth-order valence-electron chi connectivity index (χ4n) is 16.4. The standard InChI is InChI=1S/C48H53F2N6O8P.C27H35F2N6O8P.C14H19ClNO4P.C6H5Cl2O2P.Cl3OP/c1-6-60-42-40-41(52-45(53-42)54-48(34-18-10-7-11-19-34,35-20-12-8-13-21-35)36-26-28-37(59-5)29-27-36)56(31-51-40)44-46(4,49)33(3)47(50,63-44)30-61-65(58,64-39-24-14-9-15-25-39)55-32(2)43(57)62-38-22-16-17-23-38;1-4-39-21-19-20(32-25(30)33-21)35(15-31-19)24-26(3,28)23(37)27(29,42-24)14-40-44(38,43-18-12-6-5-7-13-18)34-16(2)22(36)41-17-10-8-9-11-17;1-11(14(17)19-12-7-5-6-8-12)16-21(15,18)20-13-9-3-2-4-10-13;7-11(8,9)10-6-4-2-1-3-5-6;1-5(2,3)4/h7-15,18-21,24-29,31-33,38,44H,6,16-17,22-23,30H2,1-5H3,(H,55,58)(H,52,53,54);5-7,12-13,15-17,23-24,37H,4,8-11,14H2,1-3H3,(H,34,38)(H2,30,32,33);2-4,9-12H,5-8H2,1H3,(H,16,18);1-5H;/t32-,33-,44+,46+,47+,65?;16-,23-,24+,26+,27+,44?;11-,21?;;/m000../s1. The summed E-state index contributed by atoms with van der Waals surface area (Å²) in [5.41, 5.74) is 2.29. The van der Waals surface area contributed by atoms with Crippen LogP contribution in [0.4, 0.5) is 29.5 Å². The number of aliphatic hydroxyl groups excluding tert-OH is 1. The fourth-order valence-corrected chi connectivity index (χ4v) is 21.9. The van der Waals surface area contributed by atoms with E-state index in [0.717, 1.165) is 98.7 Å². The minimum absolute atomic E-state index is 0.0216. The molecule has 51 heteroatoms. The molecule has 0 spiro atoms. The topological polar surface area (TPSA) is 447 Å². The number of benzene rings is 7. The average molecular weight is 2250 g/mol. The Labute approximate surface area is 869 Å². The van der Waals surface area contributed by atoms with Crippen molar-refractivity contribution in [2.75, 3.05) is 44.6 Å². The number of esters is 3. The van der Waals surface area contributed by atoms with Gasteiger partial charge in [-0.25, -0.2) is 50.9 Å². The van der Waals surface area contributed by atoms with Gasteiger partial charge in [-0.15, -0.1) is 0 Å². The highest BCUT2D eigenvalue weighted by Gasteiger charge is 2.66. The van der Waals surface area contributed by atoms with Crippen LogP contribution in [0.3, 0.4) is 0 Å². The summed E-state index contributed by atoms with van der Waals surface area (Å²) in [5, 5.41) is 18.8. The summed E-state index contributed by atoms with van der Waals surface area (Å²) < 4.78 is 207. The second-order valence-corrected chi connectivity index (χ2v) is 51.5. The Morgan fingerprint density at radius 3 is 1.21 bits per heavy atom. The molecule has 36 nitrogen and oxygen atoms in total. The Hall–Kier alpha value is -9.46. The van der Waals surface area contributed by atoms with Gasteiger partial charge in [-0.1, -0.05) is 153 Å². The van der Waals surface area contributed by atoms with Gasteiger partial charge in [0.1, 0.15) is 83.9 Å². The van der Waals surface area contributed by atoms with Crippen LogP contribution >= 0.6 is 101 Å². The number of para-hydroxylation sites is 4. The SMILES string of the molecule is CCOc1nc(N)nc2c1ncn2[C@@H]1O[C@](F)(COP(=O)(N[C@@H](C)C(=O)OC2CCCC2)Oc2ccccc2)[C@@H](O)[C@@]1(C)F.CCOc1nc(NC(c2ccccc2)(c2ccccc2)c2ccc(OC)cc2)nc2c1ncn2[C@@H]1O[C@](F)(COP(=O)(N[C@@H](C)C(=O)OC2CCCC2)Oc2ccccc2)[C@@H](C)[C@@]1(C)F.C[C@H](NP(=O)(Cl)Oc1ccccc1)C(=O)OC1CCCC1.O=P(Cl)(Cl)Cl.O=P(Cl)(Cl)Oc1ccccc1. The van der Waals surface area contributed by atoms with Gasteiger partial charge in [0.05, 0.1) is 38.9 Å². The summed E-state index contributed by atoms with van der Waals surface area (Å²) in [5.74, 6) is -7.89. The quantitative estimate of drug-likeness (QED) is 0.00688. The van der Waals surface area contributed by atoms with Crippen LogP contribution in [0.1, 0.15) is 162 Å². The summed E-state index contributed by atoms with van der Waals surface area (Å²) in [6.07, 6.45) is 2.99. The van der Waals surface area contributed by atoms with Crippen LogP contribution in [-0.2, 0) is 75.5 Å². The minimum Gasteiger partial charge on any atom is -0.497 e. The van der Waals surface area contributed by atoms with Gasteiger partial charge < -0.3 is 72.1 Å². The van der Waals surface area contributed by atoms with E-state index in [-0.39, 0.29) is 89.0 Å². The Kier molecular flexibility index (Phi) is 40.2. The maximum atomic E-state index is 17.4. The number of hydrogen-bond acceptors (Lipinski definition) is 31. The predicted octanol–water partition coefficient (Wildman–Crippen LogP) is 24.0. The van der Waals surface area contributed by atoms with Gasteiger partial charge in [0.15, 0.2) is 52.2 Å². The van der Waals surface area contributed by atoms with E-state index < -0.39 is 136 Å². The van der Waals surface area contributed by atoms with Crippen molar-refractivity contribution in [2.45, 2.75) is 216 Å². The van der Waals surface area contributed by atoms with Crippen molar-refractivity contribution in [3.05, 3.63) is 236 Å². The summed E-state index contributed by atoms with van der Waals surface area (Å²) in [6, 6.07) is 57.0. The molecule has 11 aromatic rings. The predicted molar refractivity (Wildman–Crippen MR) is 545 cm³/mol. The van der Waals surface area contributed by atoms with Gasteiger partial charge in [0.25, 0.3) is 5.85 Å². The number of ether oxygens (including phenoxy) is 8. The lowest BCUT2D eigenvalue weighted by Crippen LogP contribution is -2.47. The van der Waals surface area contributed by atoms with Crippen molar-refractivity contribution >= 4 is 153 Å². The molecule has 3 unspecified atom stereocenters. The smallest absolute Gasteiger partial charge is 0.459 e. The summed E-state index contributed by atoms with van der Waals surface area (Å²) in [7, 11) is -7.54. The van der Waals surface area contributed by atoms with Gasteiger partial charge >= 0.3 is 51.5 Å². The minimum atomic E-state index is -4.58. The number of halogens is 10. The zero-order chi connectivity index (χ0) is 106. The summed E-state index contributed by atoms with van der Waals surface area (Å²) in [6.45, 7) is 5.81. The number of rotatable bonds is 38. The van der Waals surface area contributed by atoms with E-state index in [9.17, 15) is 42.3 Å². The third-order valence-corrected chi connectivity index (χ3v) is 29.4. The highest BCUT2D eigenvalue weighted by atomic mass is 36.0. The normalized spacial score (nSPS) is 22.5. The van der Waals surface area contributed by atoms with Crippen molar-refractivity contribution in [3.63, 3.8) is 0 Å². The van der Waals surface area contributed by atoms with Gasteiger partial charge in [0, 0.05) is 33.7 Å². The number of nitrogen functional groups attached to an aromatic ring is 1. The number of nitrogens with zero attached hydrogens (tertiary/aromatic N) is 8. The maximum absolute atomic E-state index is 17.4. The highest BCUT2D eigenvalue weighted by molar-refractivity contribution is 8.24. The molecule has 3 saturated carbocycles. The van der Waals surface area contributed by atoms with Gasteiger partial charge in [0.2, 0.25) is 29.5 Å². The molecule has 2 aliphatic heterocycles. The number of fused-ring (bicyclic) bond motifs is 2. The number of aliphatic hydroxyl groups is 1. The van der Waals surface area contributed by atoms with Crippen molar-refractivity contribution in [3.8, 4) is 40.5 Å². The first-order chi connectivity index (χ1) is 69.2. The number of anilines is 2. The van der Waals surface area contributed by atoms with E-state index in [1.807, 2.05) is 84.9 Å². The molecule has 146 heavy (non-hydrogen) atoms. The molecule has 5 fully saturated rings. The lowest BCUT2D eigenvalue weighted by atomic mass is 9.77. The Morgan fingerprint density at radius 2 is 0.822 bits per heavy atom. The number of imidazole rings is 2. The number of hydrogen-bond donors (Lipinski definition) is 6. The van der Waals surface area contributed by atoms with Crippen LogP contribution in [0.25, 0.3) is 22.3 Å². The Morgan fingerprint density at radius 1 is 0.479 bits per heavy atom. The second-order valence-electron chi connectivity index (χ2n) is 34.6. The van der Waals surface area contributed by atoms with Crippen molar-refractivity contribution in [1.82, 2.24) is 54.3 Å². The van der Waals surface area contributed by atoms with Crippen LogP contribution in [0.2, 0.25) is 0 Å². The first kappa shape index (κ1) is 115. The number of carbonyl (C=O) groups excluding carboxylic acids is 3. The number of nitrogens with one attached hydrogen (secondary N) is 4. The van der Waals surface area contributed by atoms with Crippen molar-refractivity contribution in [2.24, 2.45) is 5.92 Å². The van der Waals surface area contributed by atoms with Crippen molar-refractivity contribution < 1.29 is 125 Å². The molecule has 7 aromatic carbocycles. The number of alkyl halides is 4. The third kappa shape index (κ3) is 31.1. The Balaban J connectivity index is 0.000000199. The molecule has 0 radical (unpaired) electrons. The van der Waals surface area contributed by atoms with Crippen LogP contribution in [0.5, 0.6) is 40.5 Å². The monoisotopic (exact) mass is 2240 g/mol. The van der Waals surface area contributed by atoms with Crippen molar-refractivity contribution in [1.29, 1.82) is 0 Å². The molecule has 7 N–H and O–H groups in total. The van der Waals surface area contributed by atoms with E-state index in [0.29, 0.717) is 30.1 Å². The summed E-state index contributed by atoms with van der Waals surface area (Å²) in [4.78, 5) is 64.1. The van der Waals surface area contributed by atoms with E-state index in [2.05, 4.69) is 78.8 Å².